The second kappa shape index (κ2) is 15.5. The molecule has 40 heavy (non-hydrogen) atoms. The average Bonchev–Trinajstić information content (AvgIpc) is 2.97. The maximum atomic E-state index is 12.9. The van der Waals surface area contributed by atoms with Gasteiger partial charge in [-0.2, -0.15) is 0 Å². The zero-order valence-corrected chi connectivity index (χ0v) is 21.7. The number of nitrogens with two attached hydrogens (primary N) is 1. The van der Waals surface area contributed by atoms with Crippen LogP contribution in [0.25, 0.3) is 0 Å². The standard InChI is InChI=1S/C29H32N4O7/c30-26(35)16-31-27(36)24(15-20-11-13-23(14-12-20)39-18-21-7-3-1-4-8-21)32-28(37)25(17-34)33-29(38)40-19-22-9-5-2-6-10-22/h1-14,24-25,34H,15-19H2,(H2,30,35)(H,31,36)(H,32,37)(H,33,38). The molecule has 0 fully saturated rings. The van der Waals surface area contributed by atoms with Crippen molar-refractivity contribution in [3.8, 4) is 5.75 Å². The Bertz CT molecular complexity index is 1250. The second-order valence-electron chi connectivity index (χ2n) is 8.81. The summed E-state index contributed by atoms with van der Waals surface area (Å²) in [4.78, 5) is 49.0. The molecule has 210 valence electrons. The molecule has 11 nitrogen and oxygen atoms in total. The molecule has 2 unspecified atom stereocenters. The molecule has 6 N–H and O–H groups in total. The molecule has 0 aliphatic rings. The number of aliphatic hydroxyl groups is 1. The summed E-state index contributed by atoms with van der Waals surface area (Å²) in [6.45, 7) is -0.812. The minimum absolute atomic E-state index is 0.0321. The van der Waals surface area contributed by atoms with Gasteiger partial charge in [0.15, 0.2) is 0 Å². The number of amides is 4. The van der Waals surface area contributed by atoms with Crippen LogP contribution in [0.4, 0.5) is 4.79 Å². The Balaban J connectivity index is 1.60. The first kappa shape index (κ1) is 29.7. The predicted molar refractivity (Wildman–Crippen MR) is 146 cm³/mol. The Hall–Kier alpha value is -4.90. The summed E-state index contributed by atoms with van der Waals surface area (Å²) in [7, 11) is 0. The summed E-state index contributed by atoms with van der Waals surface area (Å²) < 4.78 is 10.9. The lowest BCUT2D eigenvalue weighted by Gasteiger charge is -2.22. The smallest absolute Gasteiger partial charge is 0.408 e. The molecule has 0 bridgehead atoms. The molecule has 4 amide bonds. The minimum Gasteiger partial charge on any atom is -0.489 e. The van der Waals surface area contributed by atoms with Gasteiger partial charge in [0.05, 0.1) is 13.2 Å². The highest BCUT2D eigenvalue weighted by Gasteiger charge is 2.27. The molecular formula is C29H32N4O7. The topological polar surface area (TPSA) is 169 Å². The Kier molecular flexibility index (Phi) is 11.5. The minimum atomic E-state index is -1.39. The molecule has 3 rings (SSSR count). The van der Waals surface area contributed by atoms with Crippen LogP contribution in [0.5, 0.6) is 5.75 Å². The number of carbonyl (C=O) groups is 4. The van der Waals surface area contributed by atoms with Crippen LogP contribution in [-0.2, 0) is 38.8 Å². The van der Waals surface area contributed by atoms with E-state index in [2.05, 4.69) is 16.0 Å². The van der Waals surface area contributed by atoms with E-state index in [1.807, 2.05) is 36.4 Å². The van der Waals surface area contributed by atoms with Gasteiger partial charge in [-0.25, -0.2) is 4.79 Å². The first-order valence-electron chi connectivity index (χ1n) is 12.5. The molecule has 2 atom stereocenters. The van der Waals surface area contributed by atoms with Gasteiger partial charge in [0.2, 0.25) is 17.7 Å². The van der Waals surface area contributed by atoms with E-state index in [0.29, 0.717) is 17.9 Å². The lowest BCUT2D eigenvalue weighted by molar-refractivity contribution is -0.131. The number of rotatable bonds is 14. The zero-order chi connectivity index (χ0) is 28.7. The molecule has 11 heteroatoms. The molecule has 0 heterocycles. The van der Waals surface area contributed by atoms with E-state index < -0.39 is 49.1 Å². The maximum absolute atomic E-state index is 12.9. The van der Waals surface area contributed by atoms with E-state index >= 15 is 0 Å². The average molecular weight is 549 g/mol. The van der Waals surface area contributed by atoms with Crippen LogP contribution >= 0.6 is 0 Å². The third-order valence-electron chi connectivity index (χ3n) is 5.69. The van der Waals surface area contributed by atoms with Crippen molar-refractivity contribution in [3.63, 3.8) is 0 Å². The first-order valence-corrected chi connectivity index (χ1v) is 12.5. The molecular weight excluding hydrogens is 516 g/mol. The lowest BCUT2D eigenvalue weighted by Crippen LogP contribution is -2.56. The fraction of sp³-hybridized carbons (Fsp3) is 0.241. The Labute approximate surface area is 231 Å². The van der Waals surface area contributed by atoms with Gasteiger partial charge in [0.25, 0.3) is 0 Å². The highest BCUT2D eigenvalue weighted by atomic mass is 16.5. The highest BCUT2D eigenvalue weighted by Crippen LogP contribution is 2.15. The van der Waals surface area contributed by atoms with E-state index in [-0.39, 0.29) is 13.0 Å². The molecule has 0 radical (unpaired) electrons. The van der Waals surface area contributed by atoms with Gasteiger partial charge in [-0.15, -0.1) is 0 Å². The molecule has 3 aromatic rings. The number of carbonyl (C=O) groups excluding carboxylic acids is 4. The van der Waals surface area contributed by atoms with Crippen molar-refractivity contribution in [2.24, 2.45) is 5.73 Å². The van der Waals surface area contributed by atoms with Gasteiger partial charge in [-0.3, -0.25) is 14.4 Å². The quantitative estimate of drug-likeness (QED) is 0.201. The lowest BCUT2D eigenvalue weighted by atomic mass is 10.0. The van der Waals surface area contributed by atoms with E-state index in [4.69, 9.17) is 15.2 Å². The van der Waals surface area contributed by atoms with Crippen LogP contribution in [0, 0.1) is 0 Å². The van der Waals surface area contributed by atoms with Crippen LogP contribution in [0.3, 0.4) is 0 Å². The number of hydrogen-bond acceptors (Lipinski definition) is 7. The van der Waals surface area contributed by atoms with Crippen molar-refractivity contribution < 1.29 is 33.8 Å². The third-order valence-corrected chi connectivity index (χ3v) is 5.69. The van der Waals surface area contributed by atoms with Crippen molar-refractivity contribution in [1.82, 2.24) is 16.0 Å². The van der Waals surface area contributed by atoms with Crippen molar-refractivity contribution in [2.45, 2.75) is 31.7 Å². The van der Waals surface area contributed by atoms with Crippen LogP contribution in [-0.4, -0.2) is 54.2 Å². The van der Waals surface area contributed by atoms with Gasteiger partial charge < -0.3 is 36.3 Å². The summed E-state index contributed by atoms with van der Waals surface area (Å²) in [5, 5.41) is 16.9. The summed E-state index contributed by atoms with van der Waals surface area (Å²) in [5.74, 6) is -1.62. The second-order valence-corrected chi connectivity index (χ2v) is 8.81. The number of ether oxygens (including phenoxy) is 2. The SMILES string of the molecule is NC(=O)CNC(=O)C(Cc1ccc(OCc2ccccc2)cc1)NC(=O)C(CO)NC(=O)OCc1ccccc1. The number of primary amides is 1. The van der Waals surface area contributed by atoms with E-state index in [0.717, 1.165) is 11.1 Å². The summed E-state index contributed by atoms with van der Waals surface area (Å²) >= 11 is 0. The Morgan fingerprint density at radius 2 is 1.32 bits per heavy atom. The molecule has 0 saturated heterocycles. The Morgan fingerprint density at radius 1 is 0.725 bits per heavy atom. The van der Waals surface area contributed by atoms with Gasteiger partial charge in [0.1, 0.15) is 31.0 Å². The maximum Gasteiger partial charge on any atom is 0.408 e. The fourth-order valence-electron chi connectivity index (χ4n) is 3.58. The first-order chi connectivity index (χ1) is 19.3. The largest absolute Gasteiger partial charge is 0.489 e. The van der Waals surface area contributed by atoms with E-state index in [1.54, 1.807) is 48.5 Å². The predicted octanol–water partition coefficient (Wildman–Crippen LogP) is 1.18. The summed E-state index contributed by atoms with van der Waals surface area (Å²) in [5.41, 5.74) is 7.56. The molecule has 0 spiro atoms. The Morgan fingerprint density at radius 3 is 1.90 bits per heavy atom. The van der Waals surface area contributed by atoms with Crippen molar-refractivity contribution in [3.05, 3.63) is 102 Å². The number of aliphatic hydroxyl groups excluding tert-OH is 1. The normalized spacial score (nSPS) is 11.9. The number of alkyl carbamates (subject to hydrolysis) is 1. The van der Waals surface area contributed by atoms with E-state index in [9.17, 15) is 24.3 Å². The third kappa shape index (κ3) is 10.1. The van der Waals surface area contributed by atoms with Gasteiger partial charge >= 0.3 is 6.09 Å². The van der Waals surface area contributed by atoms with Crippen molar-refractivity contribution >= 4 is 23.8 Å². The van der Waals surface area contributed by atoms with Gasteiger partial charge in [-0.05, 0) is 28.8 Å². The number of benzene rings is 3. The van der Waals surface area contributed by atoms with Gasteiger partial charge in [0, 0.05) is 6.42 Å². The van der Waals surface area contributed by atoms with Crippen molar-refractivity contribution in [1.29, 1.82) is 0 Å². The molecule has 0 aliphatic heterocycles. The molecule has 3 aromatic carbocycles. The summed E-state index contributed by atoms with van der Waals surface area (Å²) in [6, 6.07) is 23.0. The highest BCUT2D eigenvalue weighted by molar-refractivity contribution is 5.92. The summed E-state index contributed by atoms with van der Waals surface area (Å²) in [6.07, 6.45) is -0.870. The zero-order valence-electron chi connectivity index (χ0n) is 21.7. The number of nitrogens with one attached hydrogen (secondary N) is 3. The molecule has 0 saturated carbocycles. The molecule has 0 aliphatic carbocycles. The van der Waals surface area contributed by atoms with Crippen LogP contribution in [0.15, 0.2) is 84.9 Å². The fourth-order valence-corrected chi connectivity index (χ4v) is 3.58. The van der Waals surface area contributed by atoms with Gasteiger partial charge in [-0.1, -0.05) is 72.8 Å². The molecule has 0 aromatic heterocycles. The van der Waals surface area contributed by atoms with Crippen LogP contribution in [0.2, 0.25) is 0 Å². The van der Waals surface area contributed by atoms with E-state index in [1.165, 1.54) is 0 Å². The number of hydrogen-bond donors (Lipinski definition) is 5. The van der Waals surface area contributed by atoms with Crippen LogP contribution in [0.1, 0.15) is 16.7 Å². The van der Waals surface area contributed by atoms with Crippen LogP contribution < -0.4 is 26.4 Å². The monoisotopic (exact) mass is 548 g/mol. The van der Waals surface area contributed by atoms with Crippen molar-refractivity contribution in [2.75, 3.05) is 13.2 Å².